The van der Waals surface area contributed by atoms with Crippen LogP contribution in [0.5, 0.6) is 0 Å². The van der Waals surface area contributed by atoms with Crippen LogP contribution in [0.1, 0.15) is 129 Å². The number of carbonyl (C=O) groups excluding carboxylic acids is 3. The fourth-order valence-electron chi connectivity index (χ4n) is 3.94. The summed E-state index contributed by atoms with van der Waals surface area (Å²) < 4.78 is 9.60. The molecule has 1 rings (SSSR count). The second kappa shape index (κ2) is 24.9. The Morgan fingerprint density at radius 3 is 1.77 bits per heavy atom. The van der Waals surface area contributed by atoms with Crippen LogP contribution < -0.4 is 0 Å². The summed E-state index contributed by atoms with van der Waals surface area (Å²) in [6.07, 6.45) is 29.0. The highest BCUT2D eigenvalue weighted by Gasteiger charge is 2.15. The van der Waals surface area contributed by atoms with Crippen LogP contribution in [0.3, 0.4) is 0 Å². The van der Waals surface area contributed by atoms with Gasteiger partial charge in [-0.25, -0.2) is 9.59 Å². The smallest absolute Gasteiger partial charge is 0.337 e. The van der Waals surface area contributed by atoms with E-state index in [1.54, 1.807) is 0 Å². The van der Waals surface area contributed by atoms with Gasteiger partial charge in [0.15, 0.2) is 0 Å². The molecule has 0 atom stereocenters. The Bertz CT molecular complexity index is 602. The lowest BCUT2D eigenvalue weighted by atomic mass is 9.98. The van der Waals surface area contributed by atoms with Crippen molar-refractivity contribution in [3.63, 3.8) is 0 Å². The fourth-order valence-corrected chi connectivity index (χ4v) is 3.94. The SMILES string of the molecule is C=CC(=O)OC(=O)CCCCCCCC=CCCCCCCCC.C=CC(=O)OC1CCCCC1. The monoisotopic (exact) mass is 490 g/mol. The van der Waals surface area contributed by atoms with Crippen molar-refractivity contribution in [2.24, 2.45) is 0 Å². The first-order valence-electron chi connectivity index (χ1n) is 13.9. The van der Waals surface area contributed by atoms with Crippen molar-refractivity contribution in [1.29, 1.82) is 0 Å². The molecule has 5 heteroatoms. The molecule has 35 heavy (non-hydrogen) atoms. The van der Waals surface area contributed by atoms with E-state index >= 15 is 0 Å². The van der Waals surface area contributed by atoms with Gasteiger partial charge in [0.1, 0.15) is 6.10 Å². The normalized spacial score (nSPS) is 13.5. The third-order valence-corrected chi connectivity index (χ3v) is 6.03. The second-order valence-corrected chi connectivity index (χ2v) is 9.23. The Labute approximate surface area is 214 Å². The van der Waals surface area contributed by atoms with Gasteiger partial charge in [0.2, 0.25) is 0 Å². The summed E-state index contributed by atoms with van der Waals surface area (Å²) in [5.74, 6) is -1.39. The van der Waals surface area contributed by atoms with Gasteiger partial charge in [-0.05, 0) is 57.8 Å². The van der Waals surface area contributed by atoms with E-state index in [1.165, 1.54) is 83.1 Å². The second-order valence-electron chi connectivity index (χ2n) is 9.23. The molecular formula is C30H50O5. The molecule has 0 radical (unpaired) electrons. The number of hydrogen-bond acceptors (Lipinski definition) is 5. The molecule has 1 saturated carbocycles. The van der Waals surface area contributed by atoms with Crippen LogP contribution in [0.4, 0.5) is 0 Å². The molecule has 1 aliphatic rings. The number of ether oxygens (including phenoxy) is 2. The van der Waals surface area contributed by atoms with Crippen molar-refractivity contribution in [3.8, 4) is 0 Å². The van der Waals surface area contributed by atoms with Gasteiger partial charge in [-0.15, -0.1) is 0 Å². The van der Waals surface area contributed by atoms with Crippen molar-refractivity contribution in [2.75, 3.05) is 0 Å². The highest BCUT2D eigenvalue weighted by atomic mass is 16.6. The molecule has 5 nitrogen and oxygen atoms in total. The maximum Gasteiger partial charge on any atom is 0.337 e. The van der Waals surface area contributed by atoms with Gasteiger partial charge in [0.05, 0.1) is 0 Å². The third-order valence-electron chi connectivity index (χ3n) is 6.03. The third kappa shape index (κ3) is 23.3. The van der Waals surface area contributed by atoms with Gasteiger partial charge in [0, 0.05) is 18.6 Å². The molecule has 0 aromatic rings. The van der Waals surface area contributed by atoms with Crippen LogP contribution in [-0.4, -0.2) is 24.0 Å². The maximum absolute atomic E-state index is 11.2. The molecule has 0 unspecified atom stereocenters. The zero-order valence-corrected chi connectivity index (χ0v) is 22.3. The zero-order chi connectivity index (χ0) is 26.0. The summed E-state index contributed by atoms with van der Waals surface area (Å²) >= 11 is 0. The molecule has 0 saturated heterocycles. The number of rotatable bonds is 18. The minimum atomic E-state index is -0.659. The predicted octanol–water partition coefficient (Wildman–Crippen LogP) is 8.33. The van der Waals surface area contributed by atoms with Crippen molar-refractivity contribution >= 4 is 17.9 Å². The first-order chi connectivity index (χ1) is 17.0. The Hall–Kier alpha value is -2.17. The van der Waals surface area contributed by atoms with Crippen LogP contribution in [0.2, 0.25) is 0 Å². The molecule has 0 N–H and O–H groups in total. The molecule has 0 bridgehead atoms. The average Bonchev–Trinajstić information content (AvgIpc) is 2.87. The van der Waals surface area contributed by atoms with Gasteiger partial charge in [-0.1, -0.05) is 90.0 Å². The van der Waals surface area contributed by atoms with E-state index in [0.717, 1.165) is 44.6 Å². The van der Waals surface area contributed by atoms with Crippen molar-refractivity contribution in [3.05, 3.63) is 37.5 Å². The number of hydrogen-bond donors (Lipinski definition) is 0. The fraction of sp³-hybridized carbons (Fsp3) is 0.700. The van der Waals surface area contributed by atoms with Crippen LogP contribution in [0, 0.1) is 0 Å². The average molecular weight is 491 g/mol. The molecule has 0 amide bonds. The van der Waals surface area contributed by atoms with Crippen LogP contribution in [-0.2, 0) is 23.9 Å². The van der Waals surface area contributed by atoms with Crippen LogP contribution in [0.25, 0.3) is 0 Å². The van der Waals surface area contributed by atoms with Gasteiger partial charge < -0.3 is 9.47 Å². The lowest BCUT2D eigenvalue weighted by Gasteiger charge is -2.20. The van der Waals surface area contributed by atoms with Crippen molar-refractivity contribution in [1.82, 2.24) is 0 Å². The predicted molar refractivity (Wildman–Crippen MR) is 144 cm³/mol. The lowest BCUT2D eigenvalue weighted by molar-refractivity contribution is -0.156. The summed E-state index contributed by atoms with van der Waals surface area (Å²) in [7, 11) is 0. The topological polar surface area (TPSA) is 69.7 Å². The minimum Gasteiger partial charge on any atom is -0.459 e. The summed E-state index contributed by atoms with van der Waals surface area (Å²) in [4.78, 5) is 32.8. The summed E-state index contributed by atoms with van der Waals surface area (Å²) in [5.41, 5.74) is 0. The van der Waals surface area contributed by atoms with E-state index in [4.69, 9.17) is 4.74 Å². The summed E-state index contributed by atoms with van der Waals surface area (Å²) in [6, 6.07) is 0. The van der Waals surface area contributed by atoms with Crippen molar-refractivity contribution in [2.45, 2.75) is 135 Å². The zero-order valence-electron chi connectivity index (χ0n) is 22.3. The Morgan fingerprint density at radius 2 is 1.23 bits per heavy atom. The van der Waals surface area contributed by atoms with E-state index in [2.05, 4.69) is 37.0 Å². The highest BCUT2D eigenvalue weighted by molar-refractivity contribution is 5.91. The number of esters is 3. The first-order valence-corrected chi connectivity index (χ1v) is 13.9. The van der Waals surface area contributed by atoms with Gasteiger partial charge in [-0.3, -0.25) is 4.79 Å². The minimum absolute atomic E-state index is 0.161. The Kier molecular flexibility index (Phi) is 23.4. The van der Waals surface area contributed by atoms with E-state index in [0.29, 0.717) is 6.42 Å². The molecular weight excluding hydrogens is 440 g/mol. The van der Waals surface area contributed by atoms with E-state index < -0.39 is 11.9 Å². The van der Waals surface area contributed by atoms with E-state index in [9.17, 15) is 14.4 Å². The molecule has 0 spiro atoms. The van der Waals surface area contributed by atoms with E-state index in [1.807, 2.05) is 0 Å². The highest BCUT2D eigenvalue weighted by Crippen LogP contribution is 2.20. The Morgan fingerprint density at radius 1 is 0.714 bits per heavy atom. The molecule has 0 aromatic carbocycles. The number of carbonyl (C=O) groups is 3. The van der Waals surface area contributed by atoms with Gasteiger partial charge in [-0.2, -0.15) is 0 Å². The van der Waals surface area contributed by atoms with Gasteiger partial charge >= 0.3 is 17.9 Å². The maximum atomic E-state index is 11.2. The lowest BCUT2D eigenvalue weighted by Crippen LogP contribution is -2.19. The largest absolute Gasteiger partial charge is 0.459 e. The molecule has 200 valence electrons. The Balaban J connectivity index is 0.000000867. The molecule has 0 aromatic heterocycles. The summed E-state index contributed by atoms with van der Waals surface area (Å²) in [6.45, 7) is 8.86. The van der Waals surface area contributed by atoms with Gasteiger partial charge in [0.25, 0.3) is 0 Å². The van der Waals surface area contributed by atoms with Crippen LogP contribution >= 0.6 is 0 Å². The number of allylic oxidation sites excluding steroid dienone is 2. The van der Waals surface area contributed by atoms with Crippen molar-refractivity contribution < 1.29 is 23.9 Å². The molecule has 1 aliphatic carbocycles. The first kappa shape index (κ1) is 32.8. The quantitative estimate of drug-likeness (QED) is 0.0635. The molecule has 0 heterocycles. The number of unbranched alkanes of at least 4 members (excludes halogenated alkanes) is 11. The standard InChI is InChI=1S/C21H36O3.C9H14O2/c1-3-5-6-7-8-9-10-11-12-13-14-15-16-17-18-19-21(23)24-20(22)4-2;1-2-9(10)11-8-6-4-3-5-7-8/h4,11-12H,2-3,5-10,13-19H2,1H3;2,8H,1,3-7H2. The summed E-state index contributed by atoms with van der Waals surface area (Å²) in [5, 5.41) is 0. The molecule has 1 fully saturated rings. The molecule has 0 aliphatic heterocycles. The van der Waals surface area contributed by atoms with E-state index in [-0.39, 0.29) is 12.1 Å². The van der Waals surface area contributed by atoms with Crippen LogP contribution in [0.15, 0.2) is 37.5 Å².